The van der Waals surface area contributed by atoms with E-state index in [1.807, 2.05) is 6.07 Å². The lowest BCUT2D eigenvalue weighted by molar-refractivity contribution is -0.384. The Morgan fingerprint density at radius 1 is 1.08 bits per heavy atom. The average Bonchev–Trinajstić information content (AvgIpc) is 3.39. The third-order valence-electron chi connectivity index (χ3n) is 6.84. The molecule has 3 heterocycles. The highest BCUT2D eigenvalue weighted by Crippen LogP contribution is 2.47. The highest BCUT2D eigenvalue weighted by Gasteiger charge is 2.63. The maximum absolute atomic E-state index is 13.8. The molecule has 0 N–H and O–H groups in total. The molecule has 3 aliphatic heterocycles. The Bertz CT molecular complexity index is 1490. The number of nitro benzene ring substituents is 1. The fourth-order valence-electron chi connectivity index (χ4n) is 5.25. The van der Waals surface area contributed by atoms with Gasteiger partial charge >= 0.3 is 5.97 Å². The Balaban J connectivity index is 1.63. The van der Waals surface area contributed by atoms with Gasteiger partial charge in [-0.1, -0.05) is 24.3 Å². The summed E-state index contributed by atoms with van der Waals surface area (Å²) in [6.45, 7) is 0. The SMILES string of the molecule is COC(=O)c1ccccc1N1C(=O)[C@@H]2[C@@H](C1=O)[C@@H]1C=C(C#N)C=CN1[C@@H]2C(=O)c1cccc([N+](=O)[O-])c1. The number of nitriles is 1. The number of para-hydroxylation sites is 1. The molecule has 5 rings (SSSR count). The minimum atomic E-state index is -1.17. The molecule has 0 unspecified atom stereocenters. The summed E-state index contributed by atoms with van der Waals surface area (Å²) in [4.78, 5) is 66.8. The number of anilines is 1. The van der Waals surface area contributed by atoms with Gasteiger partial charge in [0.15, 0.2) is 5.78 Å². The van der Waals surface area contributed by atoms with Crippen LogP contribution in [0.2, 0.25) is 0 Å². The van der Waals surface area contributed by atoms with Crippen LogP contribution in [0.3, 0.4) is 0 Å². The number of esters is 1. The van der Waals surface area contributed by atoms with Gasteiger partial charge in [0.25, 0.3) is 5.69 Å². The first-order valence-electron chi connectivity index (χ1n) is 11.2. The van der Waals surface area contributed by atoms with E-state index in [4.69, 9.17) is 4.74 Å². The number of amides is 2. The maximum atomic E-state index is 13.8. The van der Waals surface area contributed by atoms with Gasteiger partial charge in [0, 0.05) is 23.9 Å². The third-order valence-corrected chi connectivity index (χ3v) is 6.84. The summed E-state index contributed by atoms with van der Waals surface area (Å²) in [6, 6.07) is 11.2. The van der Waals surface area contributed by atoms with E-state index in [-0.39, 0.29) is 28.1 Å². The molecule has 0 spiro atoms. The summed E-state index contributed by atoms with van der Waals surface area (Å²) in [6.07, 6.45) is 4.50. The summed E-state index contributed by atoms with van der Waals surface area (Å²) >= 11 is 0. The molecule has 0 bridgehead atoms. The van der Waals surface area contributed by atoms with Gasteiger partial charge < -0.3 is 9.64 Å². The summed E-state index contributed by atoms with van der Waals surface area (Å²) in [5.41, 5.74) is 0.0117. The van der Waals surface area contributed by atoms with Crippen molar-refractivity contribution in [3.8, 4) is 6.07 Å². The number of Topliss-reactive ketones (excluding diaryl/α,β-unsaturated/α-hetero) is 1. The Morgan fingerprint density at radius 3 is 2.51 bits per heavy atom. The molecule has 2 aromatic rings. The van der Waals surface area contributed by atoms with Crippen LogP contribution in [0, 0.1) is 33.3 Å². The van der Waals surface area contributed by atoms with Crippen molar-refractivity contribution in [1.82, 2.24) is 4.90 Å². The van der Waals surface area contributed by atoms with Crippen molar-refractivity contribution in [3.05, 3.63) is 93.7 Å². The molecule has 2 fully saturated rings. The number of carbonyl (C=O) groups excluding carboxylic acids is 4. The second kappa shape index (κ2) is 8.83. The lowest BCUT2D eigenvalue weighted by Crippen LogP contribution is -2.46. The van der Waals surface area contributed by atoms with Crippen LogP contribution >= 0.6 is 0 Å². The van der Waals surface area contributed by atoms with Crippen molar-refractivity contribution in [3.63, 3.8) is 0 Å². The van der Waals surface area contributed by atoms with Crippen LogP contribution in [-0.4, -0.2) is 52.6 Å². The largest absolute Gasteiger partial charge is 0.465 e. The van der Waals surface area contributed by atoms with Crippen LogP contribution in [-0.2, 0) is 14.3 Å². The number of carbonyl (C=O) groups is 4. The molecule has 0 radical (unpaired) electrons. The first-order valence-corrected chi connectivity index (χ1v) is 11.2. The molecule has 0 aromatic heterocycles. The number of benzene rings is 2. The number of rotatable bonds is 5. The molecule has 2 saturated heterocycles. The van der Waals surface area contributed by atoms with Crippen molar-refractivity contribution >= 4 is 34.9 Å². The predicted molar refractivity (Wildman–Crippen MR) is 127 cm³/mol. The minimum absolute atomic E-state index is 0.00175. The fourth-order valence-corrected chi connectivity index (χ4v) is 5.25. The zero-order valence-corrected chi connectivity index (χ0v) is 19.3. The second-order valence-electron chi connectivity index (χ2n) is 8.68. The highest BCUT2D eigenvalue weighted by atomic mass is 16.6. The van der Waals surface area contributed by atoms with E-state index in [9.17, 15) is 34.6 Å². The minimum Gasteiger partial charge on any atom is -0.465 e. The van der Waals surface area contributed by atoms with Gasteiger partial charge in [0.2, 0.25) is 11.8 Å². The highest BCUT2D eigenvalue weighted by molar-refractivity contribution is 6.26. The monoisotopic (exact) mass is 498 g/mol. The van der Waals surface area contributed by atoms with Crippen molar-refractivity contribution in [2.24, 2.45) is 11.8 Å². The quantitative estimate of drug-likeness (QED) is 0.199. The topological polar surface area (TPSA) is 151 Å². The Kier molecular flexibility index (Phi) is 5.64. The Morgan fingerprint density at radius 2 is 1.81 bits per heavy atom. The number of ether oxygens (including phenoxy) is 1. The number of nitro groups is 1. The second-order valence-corrected chi connectivity index (χ2v) is 8.68. The zero-order chi connectivity index (χ0) is 26.4. The number of ketones is 1. The van der Waals surface area contributed by atoms with Crippen molar-refractivity contribution in [2.45, 2.75) is 12.1 Å². The van der Waals surface area contributed by atoms with Gasteiger partial charge in [0.1, 0.15) is 6.04 Å². The number of hydrogen-bond acceptors (Lipinski definition) is 9. The molecule has 4 atom stereocenters. The molecule has 11 heteroatoms. The van der Waals surface area contributed by atoms with Crippen LogP contribution in [0.1, 0.15) is 20.7 Å². The normalized spacial score (nSPS) is 23.7. The average molecular weight is 498 g/mol. The Hall–Kier alpha value is -5.11. The van der Waals surface area contributed by atoms with E-state index in [2.05, 4.69) is 0 Å². The van der Waals surface area contributed by atoms with Crippen LogP contribution < -0.4 is 4.90 Å². The first kappa shape index (κ1) is 23.6. The number of non-ortho nitro benzene ring substituents is 1. The maximum Gasteiger partial charge on any atom is 0.339 e. The van der Waals surface area contributed by atoms with E-state index < -0.39 is 52.4 Å². The lowest BCUT2D eigenvalue weighted by atomic mass is 9.86. The summed E-state index contributed by atoms with van der Waals surface area (Å²) in [5.74, 6) is -4.83. The standard InChI is InChI=1S/C26H18N4O7/c1-37-26(34)17-7-2-3-8-18(17)29-24(32)20-19-11-14(13-27)9-10-28(19)22(21(20)25(29)33)23(31)15-5-4-6-16(12-15)30(35)36/h2-12,19-22H,1H3/t19-,20-,21+,22-/m0/s1. The molecule has 2 aromatic carbocycles. The number of imide groups is 1. The summed E-state index contributed by atoms with van der Waals surface area (Å²) in [5, 5.41) is 20.7. The summed E-state index contributed by atoms with van der Waals surface area (Å²) in [7, 11) is 1.18. The number of methoxy groups -OCH3 is 1. The molecular formula is C26H18N4O7. The van der Waals surface area contributed by atoms with Crippen LogP contribution in [0.4, 0.5) is 11.4 Å². The predicted octanol–water partition coefficient (Wildman–Crippen LogP) is 2.40. The molecule has 11 nitrogen and oxygen atoms in total. The molecule has 184 valence electrons. The van der Waals surface area contributed by atoms with E-state index in [1.54, 1.807) is 17.0 Å². The molecule has 0 aliphatic carbocycles. The van der Waals surface area contributed by atoms with Gasteiger partial charge in [-0.2, -0.15) is 5.26 Å². The summed E-state index contributed by atoms with van der Waals surface area (Å²) < 4.78 is 4.80. The van der Waals surface area contributed by atoms with Crippen LogP contribution in [0.25, 0.3) is 0 Å². The van der Waals surface area contributed by atoms with Crippen molar-refractivity contribution in [2.75, 3.05) is 12.0 Å². The zero-order valence-electron chi connectivity index (χ0n) is 19.3. The molecule has 37 heavy (non-hydrogen) atoms. The number of hydrogen-bond donors (Lipinski definition) is 0. The molecule has 2 amide bonds. The first-order chi connectivity index (χ1) is 17.8. The van der Waals surface area contributed by atoms with Crippen molar-refractivity contribution in [1.29, 1.82) is 5.26 Å². The number of nitrogens with zero attached hydrogens (tertiary/aromatic N) is 4. The van der Waals surface area contributed by atoms with Gasteiger partial charge in [-0.25, -0.2) is 9.69 Å². The van der Waals surface area contributed by atoms with Crippen LogP contribution in [0.15, 0.2) is 72.5 Å². The Labute approximate surface area is 210 Å². The van der Waals surface area contributed by atoms with Gasteiger partial charge in [-0.3, -0.25) is 24.5 Å². The van der Waals surface area contributed by atoms with E-state index in [1.165, 1.54) is 55.8 Å². The number of allylic oxidation sites excluding steroid dienone is 2. The fraction of sp³-hybridized carbons (Fsp3) is 0.192. The van der Waals surface area contributed by atoms with Gasteiger partial charge in [-0.15, -0.1) is 0 Å². The molecule has 0 saturated carbocycles. The van der Waals surface area contributed by atoms with Crippen molar-refractivity contribution < 1.29 is 28.8 Å². The van der Waals surface area contributed by atoms with E-state index in [0.717, 1.165) is 11.0 Å². The third kappa shape index (κ3) is 3.58. The van der Waals surface area contributed by atoms with E-state index >= 15 is 0 Å². The lowest BCUT2D eigenvalue weighted by Gasteiger charge is -2.32. The van der Waals surface area contributed by atoms with Gasteiger partial charge in [-0.05, 0) is 24.3 Å². The molecular weight excluding hydrogens is 480 g/mol. The van der Waals surface area contributed by atoms with Gasteiger partial charge in [0.05, 0.1) is 52.8 Å². The molecule has 3 aliphatic rings. The number of fused-ring (bicyclic) bond motifs is 3. The smallest absolute Gasteiger partial charge is 0.339 e. The van der Waals surface area contributed by atoms with E-state index in [0.29, 0.717) is 0 Å². The van der Waals surface area contributed by atoms with Crippen LogP contribution in [0.5, 0.6) is 0 Å².